The predicted octanol–water partition coefficient (Wildman–Crippen LogP) is 3.01. The monoisotopic (exact) mass is 435 g/mol. The van der Waals surface area contributed by atoms with E-state index in [2.05, 4.69) is 4.90 Å². The Morgan fingerprint density at radius 3 is 2.31 bits per heavy atom. The standard InChI is InChI=1S/C21H26ClN3O3S/c1-3-25(29(27,28)20-9-7-17(2)8-10-20)16-21(26)24-13-11-23(12-14-24)19-6-4-5-18(22)15-19/h4-10,15H,3,11-14,16H2,1-2H3. The van der Waals surface area contributed by atoms with Gasteiger partial charge in [-0.1, -0.05) is 42.3 Å². The number of rotatable bonds is 6. The molecule has 1 aliphatic heterocycles. The zero-order valence-corrected chi connectivity index (χ0v) is 18.3. The van der Waals surface area contributed by atoms with E-state index in [1.807, 2.05) is 31.2 Å². The van der Waals surface area contributed by atoms with Crippen molar-refractivity contribution in [1.82, 2.24) is 9.21 Å². The fourth-order valence-electron chi connectivity index (χ4n) is 3.36. The highest BCUT2D eigenvalue weighted by atomic mass is 35.5. The Balaban J connectivity index is 1.62. The largest absolute Gasteiger partial charge is 0.368 e. The number of sulfonamides is 1. The minimum absolute atomic E-state index is 0.149. The van der Waals surface area contributed by atoms with Crippen LogP contribution in [0, 0.1) is 6.92 Å². The fourth-order valence-corrected chi connectivity index (χ4v) is 4.95. The zero-order valence-electron chi connectivity index (χ0n) is 16.7. The van der Waals surface area contributed by atoms with E-state index in [0.29, 0.717) is 31.2 Å². The number of anilines is 1. The lowest BCUT2D eigenvalue weighted by Crippen LogP contribution is -2.51. The second-order valence-corrected chi connectivity index (χ2v) is 9.47. The highest BCUT2D eigenvalue weighted by Crippen LogP contribution is 2.21. The van der Waals surface area contributed by atoms with Crippen LogP contribution in [0.25, 0.3) is 0 Å². The summed E-state index contributed by atoms with van der Waals surface area (Å²) in [6.07, 6.45) is 0. The Morgan fingerprint density at radius 2 is 1.72 bits per heavy atom. The first-order valence-corrected chi connectivity index (χ1v) is 11.5. The average molecular weight is 436 g/mol. The van der Waals surface area contributed by atoms with Crippen molar-refractivity contribution in [2.75, 3.05) is 44.2 Å². The van der Waals surface area contributed by atoms with Gasteiger partial charge in [0.2, 0.25) is 15.9 Å². The molecule has 29 heavy (non-hydrogen) atoms. The third-order valence-corrected chi connectivity index (χ3v) is 7.30. The molecule has 0 bridgehead atoms. The number of benzene rings is 2. The highest BCUT2D eigenvalue weighted by Gasteiger charge is 2.28. The molecule has 0 aromatic heterocycles. The minimum Gasteiger partial charge on any atom is -0.368 e. The Labute approximate surface area is 177 Å². The number of carbonyl (C=O) groups is 1. The van der Waals surface area contributed by atoms with Crippen molar-refractivity contribution in [2.45, 2.75) is 18.7 Å². The number of amides is 1. The summed E-state index contributed by atoms with van der Waals surface area (Å²) < 4.78 is 27.0. The number of hydrogen-bond acceptors (Lipinski definition) is 4. The van der Waals surface area contributed by atoms with Gasteiger partial charge in [-0.2, -0.15) is 4.31 Å². The average Bonchev–Trinajstić information content (AvgIpc) is 2.72. The Morgan fingerprint density at radius 1 is 1.07 bits per heavy atom. The van der Waals surface area contributed by atoms with E-state index in [0.717, 1.165) is 11.3 Å². The van der Waals surface area contributed by atoms with Gasteiger partial charge in [0.15, 0.2) is 0 Å². The number of nitrogens with zero attached hydrogens (tertiary/aromatic N) is 3. The summed E-state index contributed by atoms with van der Waals surface area (Å²) in [7, 11) is -3.70. The number of likely N-dealkylation sites (N-methyl/N-ethyl adjacent to an activating group) is 1. The third kappa shape index (κ3) is 5.10. The van der Waals surface area contributed by atoms with Crippen molar-refractivity contribution >= 4 is 33.2 Å². The summed E-state index contributed by atoms with van der Waals surface area (Å²) in [6, 6.07) is 14.3. The minimum atomic E-state index is -3.70. The SMILES string of the molecule is CCN(CC(=O)N1CCN(c2cccc(Cl)c2)CC1)S(=O)(=O)c1ccc(C)cc1. The number of halogens is 1. The van der Waals surface area contributed by atoms with Gasteiger partial charge in [-0.05, 0) is 37.3 Å². The summed E-state index contributed by atoms with van der Waals surface area (Å²) in [6.45, 7) is 6.21. The fraction of sp³-hybridized carbons (Fsp3) is 0.381. The van der Waals surface area contributed by atoms with Crippen molar-refractivity contribution in [3.63, 3.8) is 0 Å². The lowest BCUT2D eigenvalue weighted by molar-refractivity contribution is -0.131. The van der Waals surface area contributed by atoms with E-state index >= 15 is 0 Å². The van der Waals surface area contributed by atoms with Crippen molar-refractivity contribution < 1.29 is 13.2 Å². The van der Waals surface area contributed by atoms with E-state index in [9.17, 15) is 13.2 Å². The second-order valence-electron chi connectivity index (χ2n) is 7.09. The van der Waals surface area contributed by atoms with Crippen LogP contribution in [0.4, 0.5) is 5.69 Å². The third-order valence-electron chi connectivity index (χ3n) is 5.13. The Hall–Kier alpha value is -2.09. The van der Waals surface area contributed by atoms with Crippen LogP contribution < -0.4 is 4.90 Å². The Kier molecular flexibility index (Phi) is 6.82. The molecular formula is C21H26ClN3O3S. The molecule has 6 nitrogen and oxygen atoms in total. The summed E-state index contributed by atoms with van der Waals surface area (Å²) >= 11 is 6.06. The first kappa shape index (κ1) is 21.6. The molecule has 8 heteroatoms. The molecule has 1 fully saturated rings. The van der Waals surface area contributed by atoms with E-state index in [-0.39, 0.29) is 23.9 Å². The van der Waals surface area contributed by atoms with Gasteiger partial charge in [0.25, 0.3) is 0 Å². The van der Waals surface area contributed by atoms with Crippen molar-refractivity contribution in [2.24, 2.45) is 0 Å². The number of aryl methyl sites for hydroxylation is 1. The van der Waals surface area contributed by atoms with E-state index in [1.165, 1.54) is 4.31 Å². The lowest BCUT2D eigenvalue weighted by Gasteiger charge is -2.37. The molecule has 2 aromatic rings. The van der Waals surface area contributed by atoms with Gasteiger partial charge in [0.1, 0.15) is 0 Å². The van der Waals surface area contributed by atoms with Crippen LogP contribution in [0.3, 0.4) is 0 Å². The van der Waals surface area contributed by atoms with Crippen LogP contribution >= 0.6 is 11.6 Å². The molecule has 1 amide bonds. The van der Waals surface area contributed by atoms with Crippen LogP contribution in [-0.2, 0) is 14.8 Å². The van der Waals surface area contributed by atoms with Crippen LogP contribution in [0.5, 0.6) is 0 Å². The van der Waals surface area contributed by atoms with Crippen LogP contribution in [-0.4, -0.2) is 62.8 Å². The molecule has 1 heterocycles. The lowest BCUT2D eigenvalue weighted by atomic mass is 10.2. The molecule has 0 saturated carbocycles. The molecule has 0 unspecified atom stereocenters. The van der Waals surface area contributed by atoms with Gasteiger partial charge in [0, 0.05) is 43.4 Å². The van der Waals surface area contributed by atoms with E-state index < -0.39 is 10.0 Å². The van der Waals surface area contributed by atoms with Crippen LogP contribution in [0.1, 0.15) is 12.5 Å². The maximum absolute atomic E-state index is 12.9. The van der Waals surface area contributed by atoms with Gasteiger partial charge >= 0.3 is 0 Å². The molecule has 156 valence electrons. The molecule has 2 aromatic carbocycles. The van der Waals surface area contributed by atoms with Crippen molar-refractivity contribution in [3.8, 4) is 0 Å². The number of hydrogen-bond donors (Lipinski definition) is 0. The van der Waals surface area contributed by atoms with E-state index in [4.69, 9.17) is 11.6 Å². The van der Waals surface area contributed by atoms with Gasteiger partial charge in [-0.25, -0.2) is 8.42 Å². The van der Waals surface area contributed by atoms with Gasteiger partial charge in [-0.15, -0.1) is 0 Å². The molecule has 0 radical (unpaired) electrons. The number of carbonyl (C=O) groups excluding carboxylic acids is 1. The molecule has 0 atom stereocenters. The van der Waals surface area contributed by atoms with Crippen LogP contribution in [0.2, 0.25) is 5.02 Å². The molecule has 0 aliphatic carbocycles. The predicted molar refractivity (Wildman–Crippen MR) is 116 cm³/mol. The highest BCUT2D eigenvalue weighted by molar-refractivity contribution is 7.89. The topological polar surface area (TPSA) is 60.9 Å². The van der Waals surface area contributed by atoms with E-state index in [1.54, 1.807) is 36.1 Å². The molecular weight excluding hydrogens is 410 g/mol. The van der Waals surface area contributed by atoms with Crippen molar-refractivity contribution in [1.29, 1.82) is 0 Å². The van der Waals surface area contributed by atoms with Gasteiger partial charge in [-0.3, -0.25) is 4.79 Å². The normalized spacial score (nSPS) is 15.0. The van der Waals surface area contributed by atoms with Gasteiger partial charge < -0.3 is 9.80 Å². The summed E-state index contributed by atoms with van der Waals surface area (Å²) in [5.74, 6) is -0.173. The molecule has 1 saturated heterocycles. The summed E-state index contributed by atoms with van der Waals surface area (Å²) in [5.41, 5.74) is 2.02. The summed E-state index contributed by atoms with van der Waals surface area (Å²) in [4.78, 5) is 16.9. The van der Waals surface area contributed by atoms with Gasteiger partial charge in [0.05, 0.1) is 11.4 Å². The maximum Gasteiger partial charge on any atom is 0.243 e. The first-order chi connectivity index (χ1) is 13.8. The zero-order chi connectivity index (χ0) is 21.0. The molecule has 1 aliphatic rings. The quantitative estimate of drug-likeness (QED) is 0.699. The van der Waals surface area contributed by atoms with Crippen molar-refractivity contribution in [3.05, 3.63) is 59.1 Å². The smallest absolute Gasteiger partial charge is 0.243 e. The number of piperazine rings is 1. The Bertz CT molecular complexity index is 955. The summed E-state index contributed by atoms with van der Waals surface area (Å²) in [5, 5.41) is 0.681. The second kappa shape index (κ2) is 9.15. The van der Waals surface area contributed by atoms with Crippen LogP contribution in [0.15, 0.2) is 53.4 Å². The molecule has 0 N–H and O–H groups in total. The molecule has 0 spiro atoms. The first-order valence-electron chi connectivity index (χ1n) is 9.66. The maximum atomic E-state index is 12.9. The molecule has 3 rings (SSSR count).